The Hall–Kier alpha value is -1.95. The lowest BCUT2D eigenvalue weighted by atomic mass is 10.2. The third-order valence-corrected chi connectivity index (χ3v) is 2.98. The zero-order valence-electron chi connectivity index (χ0n) is 9.21. The number of nitrogens with one attached hydrogen (secondary N) is 1. The predicted molar refractivity (Wildman–Crippen MR) is 63.4 cm³/mol. The summed E-state index contributed by atoms with van der Waals surface area (Å²) in [4.78, 5) is 15.9. The molecule has 17 heavy (non-hydrogen) atoms. The first-order valence-corrected chi connectivity index (χ1v) is 5.91. The summed E-state index contributed by atoms with van der Waals surface area (Å²) in [7, 11) is 0. The Kier molecular flexibility index (Phi) is 3.34. The van der Waals surface area contributed by atoms with E-state index in [2.05, 4.69) is 10.3 Å². The molecule has 0 atom stereocenters. The van der Waals surface area contributed by atoms with Crippen LogP contribution in [0.5, 0.6) is 0 Å². The normalized spacial score (nSPS) is 10.2. The molecule has 0 aliphatic rings. The van der Waals surface area contributed by atoms with Gasteiger partial charge in [0.05, 0.1) is 22.8 Å². The molecule has 0 spiro atoms. The highest BCUT2D eigenvalue weighted by Crippen LogP contribution is 2.07. The highest BCUT2D eigenvalue weighted by atomic mass is 32.1. The van der Waals surface area contributed by atoms with Gasteiger partial charge >= 0.3 is 0 Å². The number of hydrogen-bond acceptors (Lipinski definition) is 4. The Morgan fingerprint density at radius 3 is 2.82 bits per heavy atom. The lowest BCUT2D eigenvalue weighted by molar-refractivity contribution is -0.605. The molecule has 6 heteroatoms. The summed E-state index contributed by atoms with van der Waals surface area (Å²) >= 11 is 1.55. The molecular weight excluding hydrogens is 238 g/mol. The Labute approximate surface area is 102 Å². The van der Waals surface area contributed by atoms with Gasteiger partial charge in [-0.1, -0.05) is 0 Å². The van der Waals surface area contributed by atoms with Crippen LogP contribution < -0.4 is 10.0 Å². The number of nitrogens with zero attached hydrogens (tertiary/aromatic N) is 2. The van der Waals surface area contributed by atoms with Crippen LogP contribution in [-0.4, -0.2) is 10.9 Å². The predicted octanol–water partition coefficient (Wildman–Crippen LogP) is 1.01. The highest BCUT2D eigenvalue weighted by molar-refractivity contribution is 7.09. The fourth-order valence-electron chi connectivity index (χ4n) is 1.33. The average Bonchev–Trinajstić information content (AvgIpc) is 2.73. The molecule has 5 nitrogen and oxygen atoms in total. The van der Waals surface area contributed by atoms with Crippen LogP contribution in [0.1, 0.15) is 21.1 Å². The fourth-order valence-corrected chi connectivity index (χ4v) is 1.94. The maximum Gasteiger partial charge on any atom is 0.252 e. The van der Waals surface area contributed by atoms with Gasteiger partial charge in [0.2, 0.25) is 0 Å². The van der Waals surface area contributed by atoms with Gasteiger partial charge in [-0.3, -0.25) is 4.79 Å². The van der Waals surface area contributed by atoms with E-state index in [1.165, 1.54) is 24.5 Å². The van der Waals surface area contributed by atoms with Crippen molar-refractivity contribution >= 4 is 17.2 Å². The minimum atomic E-state index is -0.212. The number of amides is 1. The monoisotopic (exact) mass is 249 g/mol. The van der Waals surface area contributed by atoms with E-state index < -0.39 is 0 Å². The first kappa shape index (κ1) is 11.5. The molecule has 2 heterocycles. The van der Waals surface area contributed by atoms with Crippen molar-refractivity contribution in [3.63, 3.8) is 0 Å². The van der Waals surface area contributed by atoms with E-state index in [0.29, 0.717) is 16.8 Å². The highest BCUT2D eigenvalue weighted by Gasteiger charge is 2.07. The second-order valence-corrected chi connectivity index (χ2v) is 4.55. The van der Waals surface area contributed by atoms with Crippen LogP contribution in [0.3, 0.4) is 0 Å². The summed E-state index contributed by atoms with van der Waals surface area (Å²) in [6, 6.07) is 2.96. The van der Waals surface area contributed by atoms with Crippen LogP contribution in [-0.2, 0) is 6.54 Å². The molecule has 0 bridgehead atoms. The Balaban J connectivity index is 1.95. The molecule has 0 saturated heterocycles. The quantitative estimate of drug-likeness (QED) is 0.652. The summed E-state index contributed by atoms with van der Waals surface area (Å²) in [5.74, 6) is -0.212. The third-order valence-electron chi connectivity index (χ3n) is 2.16. The maximum atomic E-state index is 11.7. The first-order chi connectivity index (χ1) is 8.15. The first-order valence-electron chi connectivity index (χ1n) is 5.03. The van der Waals surface area contributed by atoms with E-state index in [4.69, 9.17) is 0 Å². The van der Waals surface area contributed by atoms with Gasteiger partial charge in [0.1, 0.15) is 0 Å². The molecule has 1 N–H and O–H groups in total. The van der Waals surface area contributed by atoms with E-state index in [1.807, 2.05) is 12.3 Å². The average molecular weight is 249 g/mol. The van der Waals surface area contributed by atoms with Crippen molar-refractivity contribution in [2.75, 3.05) is 0 Å². The van der Waals surface area contributed by atoms with E-state index in [0.717, 1.165) is 10.7 Å². The van der Waals surface area contributed by atoms with Crippen LogP contribution in [0.2, 0.25) is 0 Å². The second kappa shape index (κ2) is 4.92. The third kappa shape index (κ3) is 3.01. The zero-order chi connectivity index (χ0) is 12.3. The van der Waals surface area contributed by atoms with Gasteiger partial charge in [-0.05, 0) is 6.92 Å². The summed E-state index contributed by atoms with van der Waals surface area (Å²) in [6.45, 7) is 2.32. The summed E-state index contributed by atoms with van der Waals surface area (Å²) < 4.78 is 0.639. The largest absolute Gasteiger partial charge is 0.619 e. The standard InChI is InChI=1S/C11H11N3O2S/c1-8-13-10(7-17-8)6-12-11(15)9-2-4-14(16)5-3-9/h2-5,7H,6H2,1H3,(H,12,15). The van der Waals surface area contributed by atoms with Crippen LogP contribution in [0.25, 0.3) is 0 Å². The SMILES string of the molecule is Cc1nc(CNC(=O)c2cc[n+]([O-])cc2)cs1. The van der Waals surface area contributed by atoms with Crippen molar-refractivity contribution in [2.45, 2.75) is 13.5 Å². The van der Waals surface area contributed by atoms with Crippen LogP contribution >= 0.6 is 11.3 Å². The lowest BCUT2D eigenvalue weighted by Gasteiger charge is -2.02. The van der Waals surface area contributed by atoms with Crippen molar-refractivity contribution in [3.05, 3.63) is 51.4 Å². The smallest absolute Gasteiger partial charge is 0.252 e. The molecule has 2 aromatic heterocycles. The number of hydrogen-bond donors (Lipinski definition) is 1. The van der Waals surface area contributed by atoms with Gasteiger partial charge in [-0.15, -0.1) is 11.3 Å². The van der Waals surface area contributed by atoms with Crippen molar-refractivity contribution in [2.24, 2.45) is 0 Å². The van der Waals surface area contributed by atoms with Gasteiger partial charge in [-0.2, -0.15) is 4.73 Å². The Morgan fingerprint density at radius 1 is 1.53 bits per heavy atom. The Bertz CT molecular complexity index is 522. The number of carbonyl (C=O) groups is 1. The lowest BCUT2D eigenvalue weighted by Crippen LogP contribution is -2.27. The van der Waals surface area contributed by atoms with Crippen molar-refractivity contribution in [1.29, 1.82) is 0 Å². The number of carbonyl (C=O) groups excluding carboxylic acids is 1. The molecule has 0 fully saturated rings. The molecular formula is C11H11N3O2S. The van der Waals surface area contributed by atoms with Crippen molar-refractivity contribution in [3.8, 4) is 0 Å². The molecule has 0 aliphatic heterocycles. The molecule has 2 rings (SSSR count). The van der Waals surface area contributed by atoms with Gasteiger partial charge in [0.25, 0.3) is 5.91 Å². The number of thiazole rings is 1. The van der Waals surface area contributed by atoms with Crippen LogP contribution in [0.4, 0.5) is 0 Å². The van der Waals surface area contributed by atoms with Crippen molar-refractivity contribution < 1.29 is 9.52 Å². The summed E-state index contributed by atoms with van der Waals surface area (Å²) in [5.41, 5.74) is 1.31. The second-order valence-electron chi connectivity index (χ2n) is 3.49. The molecule has 0 aliphatic carbocycles. The molecule has 0 aromatic carbocycles. The summed E-state index contributed by atoms with van der Waals surface area (Å²) in [5, 5.41) is 16.4. The molecule has 2 aromatic rings. The molecule has 0 saturated carbocycles. The van der Waals surface area contributed by atoms with Crippen molar-refractivity contribution in [1.82, 2.24) is 10.3 Å². The van der Waals surface area contributed by atoms with E-state index >= 15 is 0 Å². The van der Waals surface area contributed by atoms with Gasteiger partial charge in [-0.25, -0.2) is 4.98 Å². The zero-order valence-corrected chi connectivity index (χ0v) is 10.0. The minimum absolute atomic E-state index is 0.212. The number of pyridine rings is 1. The number of aryl methyl sites for hydroxylation is 1. The van der Waals surface area contributed by atoms with E-state index in [1.54, 1.807) is 11.3 Å². The molecule has 88 valence electrons. The topological polar surface area (TPSA) is 68.9 Å². The number of rotatable bonds is 3. The van der Waals surface area contributed by atoms with Gasteiger partial charge in [0.15, 0.2) is 12.4 Å². The van der Waals surface area contributed by atoms with E-state index in [9.17, 15) is 10.0 Å². The fraction of sp³-hybridized carbons (Fsp3) is 0.182. The van der Waals surface area contributed by atoms with Crippen LogP contribution in [0, 0.1) is 12.1 Å². The minimum Gasteiger partial charge on any atom is -0.619 e. The Morgan fingerprint density at radius 2 is 2.24 bits per heavy atom. The van der Waals surface area contributed by atoms with Gasteiger partial charge < -0.3 is 10.5 Å². The number of aromatic nitrogens is 2. The maximum absolute atomic E-state index is 11.7. The molecule has 0 unspecified atom stereocenters. The summed E-state index contributed by atoms with van der Waals surface area (Å²) in [6.07, 6.45) is 2.59. The van der Waals surface area contributed by atoms with Gasteiger partial charge in [0, 0.05) is 17.5 Å². The van der Waals surface area contributed by atoms with Crippen LogP contribution in [0.15, 0.2) is 29.9 Å². The molecule has 0 radical (unpaired) electrons. The molecule has 1 amide bonds. The van der Waals surface area contributed by atoms with E-state index in [-0.39, 0.29) is 5.91 Å².